The van der Waals surface area contributed by atoms with E-state index in [4.69, 9.17) is 4.42 Å². The van der Waals surface area contributed by atoms with Gasteiger partial charge in [0, 0.05) is 6.54 Å². The molecule has 0 spiro atoms. The maximum Gasteiger partial charge on any atom is 0.208 e. The van der Waals surface area contributed by atoms with Crippen LogP contribution in [-0.2, 0) is 13.1 Å². The lowest BCUT2D eigenvalue weighted by atomic mass is 10.3. The molecule has 5 heteroatoms. The Bertz CT molecular complexity index is 626. The van der Waals surface area contributed by atoms with E-state index >= 15 is 0 Å². The Morgan fingerprint density at radius 2 is 2.17 bits per heavy atom. The molecule has 0 aliphatic heterocycles. The molecule has 2 aromatic heterocycles. The van der Waals surface area contributed by atoms with Crippen LogP contribution in [0, 0.1) is 6.92 Å². The number of hydrogen-bond acceptors (Lipinski definition) is 5. The second kappa shape index (κ2) is 4.88. The second-order valence-electron chi connectivity index (χ2n) is 4.04. The molecular formula is C13H13N3OS. The van der Waals surface area contributed by atoms with Gasteiger partial charge in [0.2, 0.25) is 5.89 Å². The molecule has 0 saturated carbocycles. The number of para-hydroxylation sites is 1. The van der Waals surface area contributed by atoms with Crippen LogP contribution >= 0.6 is 11.3 Å². The highest BCUT2D eigenvalue weighted by atomic mass is 32.1. The summed E-state index contributed by atoms with van der Waals surface area (Å²) in [5.41, 5.74) is 1.06. The average Bonchev–Trinajstić information content (AvgIpc) is 2.95. The van der Waals surface area contributed by atoms with Crippen molar-refractivity contribution in [1.29, 1.82) is 0 Å². The van der Waals surface area contributed by atoms with Crippen LogP contribution in [-0.4, -0.2) is 9.97 Å². The first-order chi connectivity index (χ1) is 8.81. The first-order valence-corrected chi connectivity index (χ1v) is 6.59. The number of nitrogens with zero attached hydrogens (tertiary/aromatic N) is 2. The summed E-state index contributed by atoms with van der Waals surface area (Å²) >= 11 is 1.71. The molecule has 0 radical (unpaired) electrons. The molecule has 92 valence electrons. The monoisotopic (exact) mass is 259 g/mol. The van der Waals surface area contributed by atoms with Crippen molar-refractivity contribution in [3.05, 3.63) is 47.1 Å². The molecule has 3 aromatic rings. The van der Waals surface area contributed by atoms with E-state index in [9.17, 15) is 0 Å². The maximum atomic E-state index is 5.39. The van der Waals surface area contributed by atoms with Crippen LogP contribution < -0.4 is 5.32 Å². The number of fused-ring (bicyclic) bond motifs is 1. The van der Waals surface area contributed by atoms with Gasteiger partial charge in [0.05, 0.1) is 23.0 Å². The van der Waals surface area contributed by atoms with Gasteiger partial charge in [-0.05, 0) is 19.1 Å². The summed E-state index contributed by atoms with van der Waals surface area (Å²) in [6.45, 7) is 3.26. The summed E-state index contributed by atoms with van der Waals surface area (Å²) in [4.78, 5) is 8.70. The van der Waals surface area contributed by atoms with Crippen molar-refractivity contribution in [2.24, 2.45) is 0 Å². The number of benzene rings is 1. The topological polar surface area (TPSA) is 51.0 Å². The Morgan fingerprint density at radius 1 is 1.28 bits per heavy atom. The molecule has 0 aliphatic carbocycles. The molecule has 4 nitrogen and oxygen atoms in total. The van der Waals surface area contributed by atoms with E-state index in [-0.39, 0.29) is 0 Å². The van der Waals surface area contributed by atoms with E-state index < -0.39 is 0 Å². The van der Waals surface area contributed by atoms with E-state index in [1.54, 1.807) is 17.5 Å². The van der Waals surface area contributed by atoms with Crippen molar-refractivity contribution in [2.75, 3.05) is 0 Å². The number of nitrogens with one attached hydrogen (secondary N) is 1. The van der Waals surface area contributed by atoms with E-state index in [1.807, 2.05) is 25.1 Å². The van der Waals surface area contributed by atoms with E-state index in [0.717, 1.165) is 22.8 Å². The normalized spacial score (nSPS) is 11.2. The third kappa shape index (κ3) is 2.42. The SMILES string of the molecule is Cc1cnc(CNCc2nc3ccccc3s2)o1. The largest absolute Gasteiger partial charge is 0.445 e. The molecule has 0 unspecified atom stereocenters. The van der Waals surface area contributed by atoms with Crippen molar-refractivity contribution < 1.29 is 4.42 Å². The van der Waals surface area contributed by atoms with E-state index in [2.05, 4.69) is 21.4 Å². The van der Waals surface area contributed by atoms with Gasteiger partial charge in [-0.1, -0.05) is 12.1 Å². The van der Waals surface area contributed by atoms with Gasteiger partial charge in [0.25, 0.3) is 0 Å². The molecular weight excluding hydrogens is 246 g/mol. The molecule has 1 aromatic carbocycles. The molecule has 3 rings (SSSR count). The molecule has 2 heterocycles. The molecule has 0 aliphatic rings. The standard InChI is InChI=1S/C13H13N3OS/c1-9-6-15-12(17-9)7-14-8-13-16-10-4-2-3-5-11(10)18-13/h2-6,14H,7-8H2,1H3. The van der Waals surface area contributed by atoms with Crippen molar-refractivity contribution in [3.8, 4) is 0 Å². The van der Waals surface area contributed by atoms with Gasteiger partial charge in [-0.15, -0.1) is 11.3 Å². The lowest BCUT2D eigenvalue weighted by Gasteiger charge is -1.97. The number of aromatic nitrogens is 2. The third-order valence-electron chi connectivity index (χ3n) is 2.56. The Hall–Kier alpha value is -1.72. The minimum absolute atomic E-state index is 0.629. The zero-order chi connectivity index (χ0) is 12.4. The smallest absolute Gasteiger partial charge is 0.208 e. The molecule has 0 bridgehead atoms. The minimum atomic E-state index is 0.629. The zero-order valence-electron chi connectivity index (χ0n) is 10.0. The molecule has 0 atom stereocenters. The van der Waals surface area contributed by atoms with Crippen LogP contribution in [0.15, 0.2) is 34.9 Å². The first kappa shape index (κ1) is 11.4. The average molecular weight is 259 g/mol. The molecule has 18 heavy (non-hydrogen) atoms. The van der Waals surface area contributed by atoms with Gasteiger partial charge in [0.1, 0.15) is 10.8 Å². The highest BCUT2D eigenvalue weighted by Gasteiger charge is 2.04. The van der Waals surface area contributed by atoms with Crippen molar-refractivity contribution in [2.45, 2.75) is 20.0 Å². The summed E-state index contributed by atoms with van der Waals surface area (Å²) < 4.78 is 6.61. The van der Waals surface area contributed by atoms with Crippen LogP contribution in [0.1, 0.15) is 16.7 Å². The number of thiazole rings is 1. The quantitative estimate of drug-likeness (QED) is 0.782. The Balaban J connectivity index is 1.62. The van der Waals surface area contributed by atoms with Gasteiger partial charge < -0.3 is 9.73 Å². The molecule has 0 amide bonds. The fourth-order valence-corrected chi connectivity index (χ4v) is 2.69. The molecule has 0 saturated heterocycles. The van der Waals surface area contributed by atoms with Crippen LogP contribution in [0.5, 0.6) is 0 Å². The summed E-state index contributed by atoms with van der Waals surface area (Å²) in [5, 5.41) is 4.37. The first-order valence-electron chi connectivity index (χ1n) is 5.78. The number of oxazole rings is 1. The van der Waals surface area contributed by atoms with Crippen LogP contribution in [0.25, 0.3) is 10.2 Å². The lowest BCUT2D eigenvalue weighted by molar-refractivity contribution is 0.449. The fraction of sp³-hybridized carbons (Fsp3) is 0.231. The van der Waals surface area contributed by atoms with Crippen LogP contribution in [0.2, 0.25) is 0 Å². The number of hydrogen-bond donors (Lipinski definition) is 1. The Labute approximate surface area is 109 Å². The highest BCUT2D eigenvalue weighted by Crippen LogP contribution is 2.21. The van der Waals surface area contributed by atoms with Crippen molar-refractivity contribution in [3.63, 3.8) is 0 Å². The zero-order valence-corrected chi connectivity index (χ0v) is 10.8. The summed E-state index contributed by atoms with van der Waals surface area (Å²) in [5.74, 6) is 1.56. The fourth-order valence-electron chi connectivity index (χ4n) is 1.76. The minimum Gasteiger partial charge on any atom is -0.445 e. The number of aryl methyl sites for hydroxylation is 1. The highest BCUT2D eigenvalue weighted by molar-refractivity contribution is 7.18. The van der Waals surface area contributed by atoms with Crippen molar-refractivity contribution in [1.82, 2.24) is 15.3 Å². The van der Waals surface area contributed by atoms with Gasteiger partial charge in [-0.25, -0.2) is 9.97 Å². The maximum absolute atomic E-state index is 5.39. The summed E-state index contributed by atoms with van der Waals surface area (Å²) in [6, 6.07) is 8.17. The predicted molar refractivity (Wildman–Crippen MR) is 71.4 cm³/mol. The Morgan fingerprint density at radius 3 is 2.94 bits per heavy atom. The lowest BCUT2D eigenvalue weighted by Crippen LogP contribution is -2.12. The third-order valence-corrected chi connectivity index (χ3v) is 3.60. The van der Waals surface area contributed by atoms with Crippen molar-refractivity contribution >= 4 is 21.6 Å². The van der Waals surface area contributed by atoms with Gasteiger partial charge in [-0.2, -0.15) is 0 Å². The molecule has 0 fully saturated rings. The number of rotatable bonds is 4. The van der Waals surface area contributed by atoms with Gasteiger partial charge >= 0.3 is 0 Å². The van der Waals surface area contributed by atoms with Gasteiger partial charge in [0.15, 0.2) is 0 Å². The predicted octanol–water partition coefficient (Wildman–Crippen LogP) is 2.88. The van der Waals surface area contributed by atoms with E-state index in [1.165, 1.54) is 4.70 Å². The summed E-state index contributed by atoms with van der Waals surface area (Å²) in [7, 11) is 0. The Kier molecular flexibility index (Phi) is 3.08. The van der Waals surface area contributed by atoms with Crippen LogP contribution in [0.3, 0.4) is 0 Å². The van der Waals surface area contributed by atoms with E-state index in [0.29, 0.717) is 12.4 Å². The molecule has 1 N–H and O–H groups in total. The van der Waals surface area contributed by atoms with Gasteiger partial charge in [-0.3, -0.25) is 0 Å². The second-order valence-corrected chi connectivity index (χ2v) is 5.16. The summed E-state index contributed by atoms with van der Waals surface area (Å²) in [6.07, 6.45) is 1.73. The van der Waals surface area contributed by atoms with Crippen LogP contribution in [0.4, 0.5) is 0 Å².